The molecule has 144 valence electrons. The summed E-state index contributed by atoms with van der Waals surface area (Å²) < 4.78 is 41.5. The standard InChI is InChI=1S/C20H16F3N3O2/c1-12-9-17(13-3-2-4-15(10-13)28-20(21,22)23)25-18-11-14(5-6-16(12)18)26-8-7-24-19(26)27/h2-6,9-11H,7-8H2,1H3,(H,24,27). The summed E-state index contributed by atoms with van der Waals surface area (Å²) in [5.41, 5.74) is 3.35. The Kier molecular flexibility index (Phi) is 4.33. The Labute approximate surface area is 158 Å². The summed E-state index contributed by atoms with van der Waals surface area (Å²) >= 11 is 0. The van der Waals surface area contributed by atoms with Gasteiger partial charge >= 0.3 is 12.4 Å². The molecule has 1 N–H and O–H groups in total. The van der Waals surface area contributed by atoms with Gasteiger partial charge in [-0.1, -0.05) is 18.2 Å². The Hall–Kier alpha value is -3.29. The Morgan fingerprint density at radius 1 is 1.14 bits per heavy atom. The third kappa shape index (κ3) is 3.58. The number of carbonyl (C=O) groups is 1. The topological polar surface area (TPSA) is 54.5 Å². The number of ether oxygens (including phenoxy) is 1. The summed E-state index contributed by atoms with van der Waals surface area (Å²) in [5.74, 6) is -0.299. The van der Waals surface area contributed by atoms with E-state index in [0.717, 1.165) is 16.6 Å². The van der Waals surface area contributed by atoms with E-state index in [1.165, 1.54) is 18.2 Å². The van der Waals surface area contributed by atoms with E-state index in [2.05, 4.69) is 15.0 Å². The van der Waals surface area contributed by atoms with Gasteiger partial charge in [0.15, 0.2) is 0 Å². The third-order valence-electron chi connectivity index (χ3n) is 4.53. The van der Waals surface area contributed by atoms with Crippen LogP contribution < -0.4 is 15.0 Å². The molecule has 1 aliphatic heterocycles. The average molecular weight is 387 g/mol. The molecule has 28 heavy (non-hydrogen) atoms. The zero-order valence-electron chi connectivity index (χ0n) is 14.9. The van der Waals surface area contributed by atoms with Crippen LogP contribution in [0, 0.1) is 6.92 Å². The van der Waals surface area contributed by atoms with Crippen LogP contribution in [-0.4, -0.2) is 30.5 Å². The molecule has 2 heterocycles. The number of urea groups is 1. The second-order valence-corrected chi connectivity index (χ2v) is 6.49. The number of nitrogens with zero attached hydrogens (tertiary/aromatic N) is 2. The van der Waals surface area contributed by atoms with Crippen molar-refractivity contribution in [2.75, 3.05) is 18.0 Å². The second-order valence-electron chi connectivity index (χ2n) is 6.49. The Morgan fingerprint density at radius 3 is 2.68 bits per heavy atom. The first-order valence-corrected chi connectivity index (χ1v) is 8.63. The van der Waals surface area contributed by atoms with Gasteiger partial charge in [0.05, 0.1) is 11.2 Å². The number of fused-ring (bicyclic) bond motifs is 1. The van der Waals surface area contributed by atoms with E-state index in [1.54, 1.807) is 11.0 Å². The molecule has 1 aliphatic rings. The number of rotatable bonds is 3. The molecule has 4 rings (SSSR count). The number of alkyl halides is 3. The maximum absolute atomic E-state index is 12.5. The van der Waals surface area contributed by atoms with Gasteiger partial charge in [0.2, 0.25) is 0 Å². The minimum atomic E-state index is -4.75. The Morgan fingerprint density at radius 2 is 1.96 bits per heavy atom. The lowest BCUT2D eigenvalue weighted by molar-refractivity contribution is -0.274. The fraction of sp³-hybridized carbons (Fsp3) is 0.200. The lowest BCUT2D eigenvalue weighted by Gasteiger charge is -2.16. The predicted octanol–water partition coefficient (Wildman–Crippen LogP) is 4.64. The van der Waals surface area contributed by atoms with Gasteiger partial charge in [0.25, 0.3) is 0 Å². The highest BCUT2D eigenvalue weighted by atomic mass is 19.4. The first kappa shape index (κ1) is 18.1. The van der Waals surface area contributed by atoms with Crippen LogP contribution in [0.25, 0.3) is 22.2 Å². The van der Waals surface area contributed by atoms with E-state index in [9.17, 15) is 18.0 Å². The molecule has 8 heteroatoms. The van der Waals surface area contributed by atoms with Gasteiger partial charge in [-0.05, 0) is 42.8 Å². The highest BCUT2D eigenvalue weighted by molar-refractivity contribution is 5.97. The maximum atomic E-state index is 12.5. The Balaban J connectivity index is 1.76. The monoisotopic (exact) mass is 387 g/mol. The highest BCUT2D eigenvalue weighted by Crippen LogP contribution is 2.31. The smallest absolute Gasteiger partial charge is 0.406 e. The lowest BCUT2D eigenvalue weighted by Crippen LogP contribution is -2.27. The number of aryl methyl sites for hydroxylation is 1. The van der Waals surface area contributed by atoms with Crippen molar-refractivity contribution >= 4 is 22.6 Å². The average Bonchev–Trinajstić information content (AvgIpc) is 3.06. The van der Waals surface area contributed by atoms with E-state index in [0.29, 0.717) is 29.9 Å². The summed E-state index contributed by atoms with van der Waals surface area (Å²) in [5, 5.41) is 3.66. The van der Waals surface area contributed by atoms with Crippen LogP contribution >= 0.6 is 0 Å². The molecule has 0 atom stereocenters. The Bertz CT molecular complexity index is 1070. The van der Waals surface area contributed by atoms with Crippen LogP contribution in [0.2, 0.25) is 0 Å². The molecule has 0 aliphatic carbocycles. The van der Waals surface area contributed by atoms with E-state index in [-0.39, 0.29) is 11.8 Å². The van der Waals surface area contributed by atoms with Crippen LogP contribution in [0.5, 0.6) is 5.75 Å². The zero-order chi connectivity index (χ0) is 19.9. The van der Waals surface area contributed by atoms with Crippen molar-refractivity contribution in [1.29, 1.82) is 0 Å². The first-order chi connectivity index (χ1) is 13.3. The highest BCUT2D eigenvalue weighted by Gasteiger charge is 2.31. The predicted molar refractivity (Wildman–Crippen MR) is 99.3 cm³/mol. The first-order valence-electron chi connectivity index (χ1n) is 8.63. The molecule has 0 spiro atoms. The molecule has 0 saturated carbocycles. The van der Waals surface area contributed by atoms with Crippen LogP contribution in [-0.2, 0) is 0 Å². The second kappa shape index (κ2) is 6.70. The van der Waals surface area contributed by atoms with E-state index in [1.807, 2.05) is 31.2 Å². The molecular formula is C20H16F3N3O2. The van der Waals surface area contributed by atoms with Crippen LogP contribution in [0.3, 0.4) is 0 Å². The number of hydrogen-bond acceptors (Lipinski definition) is 3. The van der Waals surface area contributed by atoms with Crippen LogP contribution in [0.1, 0.15) is 5.56 Å². The van der Waals surface area contributed by atoms with Crippen molar-refractivity contribution in [2.24, 2.45) is 0 Å². The summed E-state index contributed by atoms with van der Waals surface area (Å²) in [6, 6.07) is 12.9. The number of halogens is 3. The molecule has 0 radical (unpaired) electrons. The van der Waals surface area contributed by atoms with E-state index < -0.39 is 6.36 Å². The van der Waals surface area contributed by atoms with Crippen molar-refractivity contribution in [1.82, 2.24) is 10.3 Å². The third-order valence-corrected chi connectivity index (χ3v) is 4.53. The molecule has 2 aromatic carbocycles. The summed E-state index contributed by atoms with van der Waals surface area (Å²) in [4.78, 5) is 18.1. The van der Waals surface area contributed by atoms with Gasteiger partial charge in [-0.2, -0.15) is 0 Å². The zero-order valence-corrected chi connectivity index (χ0v) is 14.9. The van der Waals surface area contributed by atoms with Crippen molar-refractivity contribution in [3.63, 3.8) is 0 Å². The van der Waals surface area contributed by atoms with E-state index in [4.69, 9.17) is 0 Å². The number of carbonyl (C=O) groups excluding carboxylic acids is 1. The molecule has 2 amide bonds. The minimum absolute atomic E-state index is 0.163. The lowest BCUT2D eigenvalue weighted by atomic mass is 10.0. The normalized spacial score (nSPS) is 14.4. The van der Waals surface area contributed by atoms with Gasteiger partial charge in [-0.25, -0.2) is 9.78 Å². The number of anilines is 1. The fourth-order valence-corrected chi connectivity index (χ4v) is 3.28. The number of hydrogen-bond donors (Lipinski definition) is 1. The summed E-state index contributed by atoms with van der Waals surface area (Å²) in [6.07, 6.45) is -4.75. The van der Waals surface area contributed by atoms with Crippen molar-refractivity contribution < 1.29 is 22.7 Å². The number of aromatic nitrogens is 1. The maximum Gasteiger partial charge on any atom is 0.573 e. The van der Waals surface area contributed by atoms with E-state index >= 15 is 0 Å². The quantitative estimate of drug-likeness (QED) is 0.713. The molecule has 0 unspecified atom stereocenters. The number of benzene rings is 2. The van der Waals surface area contributed by atoms with Crippen molar-refractivity contribution in [3.8, 4) is 17.0 Å². The van der Waals surface area contributed by atoms with Crippen molar-refractivity contribution in [3.05, 3.63) is 54.1 Å². The van der Waals surface area contributed by atoms with Gasteiger partial charge < -0.3 is 10.1 Å². The summed E-state index contributed by atoms with van der Waals surface area (Å²) in [7, 11) is 0. The van der Waals surface area contributed by atoms with Gasteiger partial charge in [-0.15, -0.1) is 13.2 Å². The van der Waals surface area contributed by atoms with Crippen LogP contribution in [0.15, 0.2) is 48.5 Å². The van der Waals surface area contributed by atoms with Gasteiger partial charge in [-0.3, -0.25) is 4.90 Å². The SMILES string of the molecule is Cc1cc(-c2cccc(OC(F)(F)F)c2)nc2cc(N3CCNC3=O)ccc12. The molecule has 1 saturated heterocycles. The number of nitrogens with one attached hydrogen (secondary N) is 1. The van der Waals surface area contributed by atoms with Gasteiger partial charge in [0, 0.05) is 29.7 Å². The molecular weight excluding hydrogens is 371 g/mol. The molecule has 5 nitrogen and oxygen atoms in total. The largest absolute Gasteiger partial charge is 0.573 e. The fourth-order valence-electron chi connectivity index (χ4n) is 3.28. The minimum Gasteiger partial charge on any atom is -0.406 e. The number of amides is 2. The van der Waals surface area contributed by atoms with Crippen molar-refractivity contribution in [2.45, 2.75) is 13.3 Å². The summed E-state index contributed by atoms with van der Waals surface area (Å²) in [6.45, 7) is 3.06. The molecule has 1 aromatic heterocycles. The molecule has 0 bridgehead atoms. The number of pyridine rings is 1. The van der Waals surface area contributed by atoms with Crippen LogP contribution in [0.4, 0.5) is 23.7 Å². The molecule has 1 fully saturated rings. The van der Waals surface area contributed by atoms with Gasteiger partial charge in [0.1, 0.15) is 5.75 Å². The molecule has 3 aromatic rings.